The Labute approximate surface area is 186 Å². The van der Waals surface area contributed by atoms with Gasteiger partial charge in [0.25, 0.3) is 11.7 Å². The summed E-state index contributed by atoms with van der Waals surface area (Å²) in [7, 11) is 4.28. The zero-order valence-corrected chi connectivity index (χ0v) is 18.3. The molecule has 0 spiro atoms. The third kappa shape index (κ3) is 4.99. The molecule has 1 aliphatic rings. The second-order valence-corrected chi connectivity index (χ2v) is 7.18. The van der Waals surface area contributed by atoms with Crippen LogP contribution in [0.15, 0.2) is 36.7 Å². The van der Waals surface area contributed by atoms with Crippen LogP contribution in [-0.2, 0) is 20.7 Å². The highest BCUT2D eigenvalue weighted by Gasteiger charge is 2.41. The molecule has 0 saturated carbocycles. The van der Waals surface area contributed by atoms with Gasteiger partial charge < -0.3 is 23.8 Å². The molecule has 0 N–H and O–H groups in total. The van der Waals surface area contributed by atoms with Crippen molar-refractivity contribution in [2.24, 2.45) is 0 Å². The Morgan fingerprint density at radius 2 is 1.81 bits per heavy atom. The Balaban J connectivity index is 1.59. The zero-order valence-electron chi connectivity index (χ0n) is 18.3. The highest BCUT2D eigenvalue weighted by molar-refractivity contribution is 6.43. The molecule has 1 saturated heterocycles. The summed E-state index contributed by atoms with van der Waals surface area (Å²) in [5, 5.41) is 0. The number of aromatic nitrogens is 1. The first-order valence-electron chi connectivity index (χ1n) is 10.2. The highest BCUT2D eigenvalue weighted by atomic mass is 16.5. The van der Waals surface area contributed by atoms with E-state index in [2.05, 4.69) is 4.98 Å². The van der Waals surface area contributed by atoms with Gasteiger partial charge in [0, 0.05) is 24.5 Å². The number of aryl methyl sites for hydroxylation is 1. The molecule has 1 aliphatic heterocycles. The number of methoxy groups -OCH3 is 3. The number of rotatable bonds is 10. The molecule has 2 heterocycles. The average Bonchev–Trinajstić information content (AvgIpc) is 2.80. The Kier molecular flexibility index (Phi) is 7.64. The third-order valence-electron chi connectivity index (χ3n) is 5.25. The first-order chi connectivity index (χ1) is 15.5. The number of ether oxygens (including phenoxy) is 4. The number of nitrogens with zero attached hydrogens (tertiary/aromatic N) is 2. The van der Waals surface area contributed by atoms with Crippen LogP contribution in [0.2, 0.25) is 0 Å². The van der Waals surface area contributed by atoms with Crippen LogP contribution in [0.1, 0.15) is 28.8 Å². The summed E-state index contributed by atoms with van der Waals surface area (Å²) < 4.78 is 21.0. The first kappa shape index (κ1) is 23.1. The molecule has 9 heteroatoms. The van der Waals surface area contributed by atoms with E-state index in [1.54, 1.807) is 12.4 Å². The summed E-state index contributed by atoms with van der Waals surface area (Å²) in [5.74, 6) is -1.21. The van der Waals surface area contributed by atoms with Crippen molar-refractivity contribution in [1.82, 2.24) is 9.88 Å². The number of amides is 1. The van der Waals surface area contributed by atoms with Crippen molar-refractivity contribution >= 4 is 17.7 Å². The molecule has 0 radical (unpaired) electrons. The Morgan fingerprint density at radius 1 is 1.09 bits per heavy atom. The van der Waals surface area contributed by atoms with Gasteiger partial charge in [0.05, 0.1) is 27.9 Å². The van der Waals surface area contributed by atoms with Crippen LogP contribution in [0.5, 0.6) is 17.2 Å². The molecule has 2 aromatic rings. The molecule has 9 nitrogen and oxygen atoms in total. The number of hydrogen-bond donors (Lipinski definition) is 0. The lowest BCUT2D eigenvalue weighted by molar-refractivity contribution is -0.160. The van der Waals surface area contributed by atoms with Gasteiger partial charge in [-0.3, -0.25) is 14.6 Å². The van der Waals surface area contributed by atoms with Gasteiger partial charge in [-0.05, 0) is 43.0 Å². The van der Waals surface area contributed by atoms with Crippen molar-refractivity contribution in [3.05, 3.63) is 47.8 Å². The second-order valence-electron chi connectivity index (χ2n) is 7.18. The maximum Gasteiger partial charge on any atom is 0.328 e. The largest absolute Gasteiger partial charge is 0.493 e. The van der Waals surface area contributed by atoms with E-state index in [1.165, 1.54) is 38.4 Å². The number of benzene rings is 1. The lowest BCUT2D eigenvalue weighted by Crippen LogP contribution is -2.57. The molecule has 0 aliphatic carbocycles. The number of pyridine rings is 1. The summed E-state index contributed by atoms with van der Waals surface area (Å²) in [6.45, 7) is 0.539. The molecule has 1 atom stereocenters. The van der Waals surface area contributed by atoms with Crippen molar-refractivity contribution < 1.29 is 33.3 Å². The standard InChI is InChI=1S/C23H26N2O7/c1-29-18-12-16(13-19(30-2)21(18)31-3)20(26)22(27)25-10-8-17(25)23(28)32-11-5-7-15-6-4-9-24-14-15/h4,6,9,12-14,17H,5,7-8,10-11H2,1-3H3. The van der Waals surface area contributed by atoms with Crippen molar-refractivity contribution in [2.75, 3.05) is 34.5 Å². The molecule has 1 unspecified atom stereocenters. The normalized spacial score (nSPS) is 14.8. The van der Waals surface area contributed by atoms with Gasteiger partial charge in [0.1, 0.15) is 6.04 Å². The van der Waals surface area contributed by atoms with Crippen molar-refractivity contribution in [3.8, 4) is 17.2 Å². The number of hydrogen-bond acceptors (Lipinski definition) is 8. The van der Waals surface area contributed by atoms with Gasteiger partial charge in [-0.15, -0.1) is 0 Å². The number of esters is 1. The lowest BCUT2D eigenvalue weighted by Gasteiger charge is -2.38. The summed E-state index contributed by atoms with van der Waals surface area (Å²) in [4.78, 5) is 43.2. The predicted octanol–water partition coefficient (Wildman–Crippen LogP) is 2.07. The molecule has 32 heavy (non-hydrogen) atoms. The van der Waals surface area contributed by atoms with Gasteiger partial charge in [-0.1, -0.05) is 6.07 Å². The maximum absolute atomic E-state index is 12.8. The van der Waals surface area contributed by atoms with Crippen LogP contribution in [0.3, 0.4) is 0 Å². The van der Waals surface area contributed by atoms with Crippen molar-refractivity contribution in [2.45, 2.75) is 25.3 Å². The minimum absolute atomic E-state index is 0.0833. The second kappa shape index (κ2) is 10.6. The Morgan fingerprint density at radius 3 is 2.34 bits per heavy atom. The quantitative estimate of drug-likeness (QED) is 0.238. The van der Waals surface area contributed by atoms with E-state index in [0.29, 0.717) is 25.1 Å². The van der Waals surface area contributed by atoms with Gasteiger partial charge in [-0.2, -0.15) is 0 Å². The van der Waals surface area contributed by atoms with Gasteiger partial charge in [0.15, 0.2) is 11.5 Å². The summed E-state index contributed by atoms with van der Waals surface area (Å²) >= 11 is 0. The van der Waals surface area contributed by atoms with Gasteiger partial charge in [0.2, 0.25) is 5.75 Å². The minimum Gasteiger partial charge on any atom is -0.493 e. The molecule has 1 aromatic carbocycles. The molecule has 1 amide bonds. The molecule has 0 bridgehead atoms. The molecular weight excluding hydrogens is 416 g/mol. The number of Topliss-reactive ketones (excluding diaryl/α,β-unsaturated/α-hetero) is 1. The molecule has 1 fully saturated rings. The van der Waals surface area contributed by atoms with E-state index in [-0.39, 0.29) is 23.7 Å². The smallest absolute Gasteiger partial charge is 0.328 e. The first-order valence-corrected chi connectivity index (χ1v) is 10.2. The number of ketones is 1. The summed E-state index contributed by atoms with van der Waals surface area (Å²) in [6.07, 6.45) is 5.29. The van der Waals surface area contributed by atoms with E-state index in [9.17, 15) is 14.4 Å². The number of likely N-dealkylation sites (tertiary alicyclic amines) is 1. The number of carbonyl (C=O) groups is 3. The van der Waals surface area contributed by atoms with Crippen LogP contribution < -0.4 is 14.2 Å². The molecular formula is C23H26N2O7. The molecule has 1 aromatic heterocycles. The maximum atomic E-state index is 12.8. The Hall–Kier alpha value is -3.62. The van der Waals surface area contributed by atoms with Gasteiger partial charge in [-0.25, -0.2) is 4.79 Å². The van der Waals surface area contributed by atoms with E-state index in [0.717, 1.165) is 12.0 Å². The SMILES string of the molecule is COc1cc(C(=O)C(=O)N2CCC2C(=O)OCCCc2cccnc2)cc(OC)c1OC. The summed E-state index contributed by atoms with van der Waals surface area (Å²) in [6, 6.07) is 5.87. The van der Waals surface area contributed by atoms with Crippen molar-refractivity contribution in [3.63, 3.8) is 0 Å². The van der Waals surface area contributed by atoms with Crippen LogP contribution in [0.25, 0.3) is 0 Å². The van der Waals surface area contributed by atoms with E-state index >= 15 is 0 Å². The topological polar surface area (TPSA) is 104 Å². The van der Waals surface area contributed by atoms with Crippen molar-refractivity contribution in [1.29, 1.82) is 0 Å². The fourth-order valence-electron chi connectivity index (χ4n) is 3.43. The van der Waals surface area contributed by atoms with E-state index < -0.39 is 23.7 Å². The fourth-order valence-corrected chi connectivity index (χ4v) is 3.43. The lowest BCUT2D eigenvalue weighted by atomic mass is 10.00. The van der Waals surface area contributed by atoms with Gasteiger partial charge >= 0.3 is 5.97 Å². The predicted molar refractivity (Wildman–Crippen MR) is 114 cm³/mol. The fraction of sp³-hybridized carbons (Fsp3) is 0.391. The van der Waals surface area contributed by atoms with Crippen LogP contribution in [0, 0.1) is 0 Å². The monoisotopic (exact) mass is 442 g/mol. The zero-order chi connectivity index (χ0) is 23.1. The third-order valence-corrected chi connectivity index (χ3v) is 5.25. The van der Waals surface area contributed by atoms with E-state index in [1.807, 2.05) is 12.1 Å². The highest BCUT2D eigenvalue weighted by Crippen LogP contribution is 2.38. The van der Waals surface area contributed by atoms with Crippen LogP contribution >= 0.6 is 0 Å². The minimum atomic E-state index is -0.775. The Bertz CT molecular complexity index is 953. The molecule has 170 valence electrons. The van der Waals surface area contributed by atoms with E-state index in [4.69, 9.17) is 18.9 Å². The molecule has 3 rings (SSSR count). The van der Waals surface area contributed by atoms with Crippen LogP contribution in [-0.4, -0.2) is 68.1 Å². The summed E-state index contributed by atoms with van der Waals surface area (Å²) in [5.41, 5.74) is 1.14. The van der Waals surface area contributed by atoms with Crippen LogP contribution in [0.4, 0.5) is 0 Å². The number of carbonyl (C=O) groups excluding carboxylic acids is 3. The average molecular weight is 442 g/mol.